The molecule has 0 spiro atoms. The van der Waals surface area contributed by atoms with Crippen LogP contribution in [0.4, 0.5) is 0 Å². The van der Waals surface area contributed by atoms with E-state index in [1.165, 1.54) is 0 Å². The molecular formula is C24H32N2O6. The fourth-order valence-electron chi connectivity index (χ4n) is 3.30. The first-order valence-corrected chi connectivity index (χ1v) is 10.7. The fraction of sp³-hybridized carbons (Fsp3) is 0.500. The Bertz CT molecular complexity index is 930. The van der Waals surface area contributed by atoms with Crippen molar-refractivity contribution in [2.24, 2.45) is 0 Å². The number of ether oxygens (including phenoxy) is 6. The van der Waals surface area contributed by atoms with Gasteiger partial charge in [0.2, 0.25) is 0 Å². The first-order chi connectivity index (χ1) is 15.6. The van der Waals surface area contributed by atoms with Crippen molar-refractivity contribution in [1.29, 1.82) is 0 Å². The number of hydrogen-bond donors (Lipinski definition) is 0. The maximum absolute atomic E-state index is 6.01. The molecule has 0 N–H and O–H groups in total. The van der Waals surface area contributed by atoms with Crippen LogP contribution in [0.1, 0.15) is 11.4 Å². The average Bonchev–Trinajstić information content (AvgIpc) is 2.78. The van der Waals surface area contributed by atoms with Gasteiger partial charge in [-0.15, -0.1) is 0 Å². The highest BCUT2D eigenvalue weighted by molar-refractivity contribution is 6.07. The van der Waals surface area contributed by atoms with Gasteiger partial charge in [-0.3, -0.25) is 9.97 Å². The number of nitrogens with zero attached hydrogens (tertiary/aromatic N) is 2. The molecule has 8 nitrogen and oxygen atoms in total. The highest BCUT2D eigenvalue weighted by atomic mass is 16.5. The number of aryl methyl sites for hydroxylation is 2. The molecule has 0 saturated heterocycles. The Kier molecular flexibility index (Phi) is 9.43. The van der Waals surface area contributed by atoms with E-state index in [2.05, 4.69) is 0 Å². The lowest BCUT2D eigenvalue weighted by Crippen LogP contribution is -2.11. The van der Waals surface area contributed by atoms with E-state index in [1.807, 2.05) is 38.1 Å². The predicted octanol–water partition coefficient (Wildman–Crippen LogP) is 3.48. The number of aromatic nitrogens is 2. The molecule has 0 aliphatic heterocycles. The van der Waals surface area contributed by atoms with Crippen molar-refractivity contribution in [3.8, 4) is 11.5 Å². The molecule has 0 atom stereocenters. The topological polar surface area (TPSA) is 81.2 Å². The van der Waals surface area contributed by atoms with Crippen molar-refractivity contribution in [3.63, 3.8) is 0 Å². The molecule has 3 aromatic rings. The number of fused-ring (bicyclic) bond motifs is 3. The quantitative estimate of drug-likeness (QED) is 0.276. The van der Waals surface area contributed by atoms with Crippen molar-refractivity contribution in [2.75, 3.05) is 67.1 Å². The van der Waals surface area contributed by atoms with Gasteiger partial charge in [0.15, 0.2) is 0 Å². The van der Waals surface area contributed by atoms with Gasteiger partial charge >= 0.3 is 0 Å². The Morgan fingerprint density at radius 3 is 1.41 bits per heavy atom. The lowest BCUT2D eigenvalue weighted by Gasteiger charge is -2.14. The van der Waals surface area contributed by atoms with E-state index >= 15 is 0 Å². The van der Waals surface area contributed by atoms with Gasteiger partial charge in [-0.05, 0) is 26.0 Å². The summed E-state index contributed by atoms with van der Waals surface area (Å²) in [5, 5.41) is 1.82. The van der Waals surface area contributed by atoms with Crippen LogP contribution in [0.5, 0.6) is 11.5 Å². The molecule has 174 valence electrons. The van der Waals surface area contributed by atoms with E-state index in [1.54, 1.807) is 14.2 Å². The van der Waals surface area contributed by atoms with Gasteiger partial charge in [0, 0.05) is 48.5 Å². The third-order valence-corrected chi connectivity index (χ3v) is 4.77. The normalized spacial score (nSPS) is 11.4. The van der Waals surface area contributed by atoms with E-state index < -0.39 is 0 Å². The van der Waals surface area contributed by atoms with E-state index in [4.69, 9.17) is 38.4 Å². The van der Waals surface area contributed by atoms with E-state index in [0.717, 1.165) is 44.7 Å². The van der Waals surface area contributed by atoms with Gasteiger partial charge in [-0.1, -0.05) is 0 Å². The van der Waals surface area contributed by atoms with E-state index in [9.17, 15) is 0 Å². The molecule has 0 aliphatic carbocycles. The van der Waals surface area contributed by atoms with Crippen LogP contribution in [0.15, 0.2) is 24.3 Å². The molecule has 0 saturated carbocycles. The maximum atomic E-state index is 6.01. The molecule has 0 unspecified atom stereocenters. The smallest absolute Gasteiger partial charge is 0.130 e. The second-order valence-electron chi connectivity index (χ2n) is 7.29. The highest BCUT2D eigenvalue weighted by Gasteiger charge is 2.14. The molecule has 1 aromatic carbocycles. The van der Waals surface area contributed by atoms with E-state index in [-0.39, 0.29) is 0 Å². The van der Waals surface area contributed by atoms with Crippen LogP contribution < -0.4 is 9.47 Å². The van der Waals surface area contributed by atoms with Crippen LogP contribution in [0.3, 0.4) is 0 Å². The summed E-state index contributed by atoms with van der Waals surface area (Å²) < 4.78 is 33.0. The summed E-state index contributed by atoms with van der Waals surface area (Å²) >= 11 is 0. The van der Waals surface area contributed by atoms with Crippen molar-refractivity contribution >= 4 is 21.8 Å². The zero-order chi connectivity index (χ0) is 22.8. The maximum Gasteiger partial charge on any atom is 0.130 e. The Morgan fingerprint density at radius 2 is 1.00 bits per heavy atom. The predicted molar refractivity (Wildman–Crippen MR) is 123 cm³/mol. The molecule has 3 rings (SSSR count). The first-order valence-electron chi connectivity index (χ1n) is 10.7. The van der Waals surface area contributed by atoms with Gasteiger partial charge in [0.1, 0.15) is 35.7 Å². The summed E-state index contributed by atoms with van der Waals surface area (Å²) in [6, 6.07) is 7.89. The largest absolute Gasteiger partial charge is 0.490 e. The number of methoxy groups -OCH3 is 2. The highest BCUT2D eigenvalue weighted by Crippen LogP contribution is 2.34. The number of hydrogen-bond acceptors (Lipinski definition) is 8. The molecular weight excluding hydrogens is 412 g/mol. The van der Waals surface area contributed by atoms with Crippen molar-refractivity contribution < 1.29 is 28.4 Å². The molecule has 0 aliphatic rings. The van der Waals surface area contributed by atoms with Crippen LogP contribution in [-0.4, -0.2) is 77.0 Å². The molecule has 0 bridgehead atoms. The minimum atomic E-state index is 0.443. The minimum absolute atomic E-state index is 0.443. The average molecular weight is 445 g/mol. The molecule has 0 amide bonds. The second-order valence-corrected chi connectivity index (χ2v) is 7.29. The summed E-state index contributed by atoms with van der Waals surface area (Å²) in [5.74, 6) is 1.53. The van der Waals surface area contributed by atoms with Crippen LogP contribution in [0, 0.1) is 13.8 Å². The molecule has 32 heavy (non-hydrogen) atoms. The molecule has 0 radical (unpaired) electrons. The van der Waals surface area contributed by atoms with E-state index in [0.29, 0.717) is 52.9 Å². The summed E-state index contributed by atoms with van der Waals surface area (Å²) in [6.45, 7) is 7.99. The number of rotatable bonds is 14. The van der Waals surface area contributed by atoms with Gasteiger partial charge in [-0.25, -0.2) is 0 Å². The van der Waals surface area contributed by atoms with Crippen molar-refractivity contribution in [2.45, 2.75) is 13.8 Å². The van der Waals surface area contributed by atoms with Gasteiger partial charge in [0.05, 0.1) is 39.6 Å². The van der Waals surface area contributed by atoms with Crippen molar-refractivity contribution in [1.82, 2.24) is 9.97 Å². The summed E-state index contributed by atoms with van der Waals surface area (Å²) in [7, 11) is 3.30. The first kappa shape index (κ1) is 24.1. The van der Waals surface area contributed by atoms with Crippen molar-refractivity contribution in [3.05, 3.63) is 35.7 Å². The monoisotopic (exact) mass is 444 g/mol. The Morgan fingerprint density at radius 1 is 0.594 bits per heavy atom. The summed E-state index contributed by atoms with van der Waals surface area (Å²) in [6.07, 6.45) is 0. The Labute approximate surface area is 188 Å². The zero-order valence-electron chi connectivity index (χ0n) is 19.3. The lowest BCUT2D eigenvalue weighted by atomic mass is 10.1. The molecule has 8 heteroatoms. The summed E-state index contributed by atoms with van der Waals surface area (Å²) in [5.41, 5.74) is 3.31. The third kappa shape index (κ3) is 6.49. The third-order valence-electron chi connectivity index (χ3n) is 4.77. The SMILES string of the molecule is COCCOCCOc1cc(C)nc2c1ccc1c(OCCOCCOC)cc(C)nc12. The lowest BCUT2D eigenvalue weighted by molar-refractivity contribution is 0.0546. The van der Waals surface area contributed by atoms with Gasteiger partial charge < -0.3 is 28.4 Å². The van der Waals surface area contributed by atoms with Crippen LogP contribution >= 0.6 is 0 Å². The Balaban J connectivity index is 1.80. The van der Waals surface area contributed by atoms with Gasteiger partial charge in [-0.2, -0.15) is 0 Å². The Hall–Kier alpha value is -2.52. The summed E-state index contributed by atoms with van der Waals surface area (Å²) in [4.78, 5) is 9.52. The zero-order valence-corrected chi connectivity index (χ0v) is 19.3. The van der Waals surface area contributed by atoms with Crippen LogP contribution in [0.2, 0.25) is 0 Å². The van der Waals surface area contributed by atoms with Crippen LogP contribution in [0.25, 0.3) is 21.8 Å². The molecule has 2 heterocycles. The van der Waals surface area contributed by atoms with Gasteiger partial charge in [0.25, 0.3) is 0 Å². The molecule has 0 fully saturated rings. The number of pyridine rings is 2. The van der Waals surface area contributed by atoms with Crippen LogP contribution in [-0.2, 0) is 18.9 Å². The molecule has 2 aromatic heterocycles. The second kappa shape index (κ2) is 12.5. The minimum Gasteiger partial charge on any atom is -0.490 e. The number of benzene rings is 1. The fourth-order valence-corrected chi connectivity index (χ4v) is 3.30. The standard InChI is InChI=1S/C24H32N2O6/c1-17-15-21(31-13-11-29-9-7-27-3)19-5-6-20-22(32-14-12-30-10-8-28-4)16-18(2)26-24(20)23(19)25-17/h5-6,15-16H,7-14H2,1-4H3.